The lowest BCUT2D eigenvalue weighted by Crippen LogP contribution is -2.29. The van der Waals surface area contributed by atoms with Crippen molar-refractivity contribution in [1.82, 2.24) is 4.72 Å². The lowest BCUT2D eigenvalue weighted by molar-refractivity contribution is -0.135. The second-order valence-corrected chi connectivity index (χ2v) is 13.2. The molecule has 1 aromatic carbocycles. The number of hydrogen-bond acceptors (Lipinski definition) is 5. The zero-order chi connectivity index (χ0) is 25.7. The molecule has 0 spiro atoms. The van der Waals surface area contributed by atoms with Gasteiger partial charge in [0.1, 0.15) is 10.8 Å². The first-order chi connectivity index (χ1) is 15.7. The minimum Gasteiger partial charge on any atom is -0.480 e. The highest BCUT2D eigenvalue weighted by atomic mass is 32.2. The summed E-state index contributed by atoms with van der Waals surface area (Å²) < 4.78 is 27.3. The number of thiophene rings is 1. The number of aliphatic carboxylic acids is 1. The Labute approximate surface area is 208 Å². The lowest BCUT2D eigenvalue weighted by atomic mass is 9.85. The summed E-state index contributed by atoms with van der Waals surface area (Å²) in [6.45, 7) is 11.5. The van der Waals surface area contributed by atoms with Gasteiger partial charge in [-0.2, -0.15) is 4.72 Å². The molecule has 6 nitrogen and oxygen atoms in total. The number of sulfonamides is 1. The van der Waals surface area contributed by atoms with Gasteiger partial charge in [-0.25, -0.2) is 8.42 Å². The standard InChI is InChI=1S/C26H39NO5S2/c1-7-20(22-15-18(3)25(33-22)34(31,32)27-16-24(29)30)10-8-19-9-11-21(17(2)14-19)12-13-23(28)26(4,5)6/h9,11,14-15,20,23,27-28H,7-8,10,12-13,16H2,1-6H3,(H,29,30). The van der Waals surface area contributed by atoms with Crippen LogP contribution in [-0.2, 0) is 27.7 Å². The molecule has 0 aliphatic carbocycles. The van der Waals surface area contributed by atoms with Gasteiger partial charge in [0.15, 0.2) is 0 Å². The summed E-state index contributed by atoms with van der Waals surface area (Å²) in [5, 5.41) is 19.1. The Morgan fingerprint density at radius 2 is 1.76 bits per heavy atom. The third-order valence-corrected chi connectivity index (χ3v) is 9.76. The van der Waals surface area contributed by atoms with Crippen LogP contribution >= 0.6 is 11.3 Å². The van der Waals surface area contributed by atoms with Crippen molar-refractivity contribution < 1.29 is 23.4 Å². The maximum Gasteiger partial charge on any atom is 0.318 e. The quantitative estimate of drug-likeness (QED) is 0.365. The summed E-state index contributed by atoms with van der Waals surface area (Å²) in [7, 11) is -3.84. The number of hydrogen-bond donors (Lipinski definition) is 3. The minimum absolute atomic E-state index is 0.116. The van der Waals surface area contributed by atoms with Crippen molar-refractivity contribution >= 4 is 27.3 Å². The van der Waals surface area contributed by atoms with Crippen LogP contribution in [0, 0.1) is 19.3 Å². The van der Waals surface area contributed by atoms with Gasteiger partial charge in [0, 0.05) is 4.88 Å². The smallest absolute Gasteiger partial charge is 0.318 e. The Kier molecular flexibility index (Phi) is 9.89. The highest BCUT2D eigenvalue weighted by Gasteiger charge is 2.24. The Hall–Kier alpha value is -1.74. The number of rotatable bonds is 12. The third kappa shape index (κ3) is 7.90. The number of aliphatic hydroxyl groups is 1. The van der Waals surface area contributed by atoms with E-state index < -0.39 is 22.5 Å². The molecule has 2 atom stereocenters. The zero-order valence-electron chi connectivity index (χ0n) is 21.1. The van der Waals surface area contributed by atoms with E-state index in [1.54, 1.807) is 6.92 Å². The first kappa shape index (κ1) is 28.5. The fourth-order valence-corrected chi connectivity index (χ4v) is 6.94. The van der Waals surface area contributed by atoms with Gasteiger partial charge >= 0.3 is 5.97 Å². The van der Waals surface area contributed by atoms with Crippen molar-refractivity contribution in [3.05, 3.63) is 51.4 Å². The first-order valence-corrected chi connectivity index (χ1v) is 14.1. The number of carbonyl (C=O) groups is 1. The lowest BCUT2D eigenvalue weighted by Gasteiger charge is -2.26. The average molecular weight is 510 g/mol. The minimum atomic E-state index is -3.84. The molecule has 0 saturated carbocycles. The summed E-state index contributed by atoms with van der Waals surface area (Å²) in [6, 6.07) is 8.46. The van der Waals surface area contributed by atoms with Crippen LogP contribution in [0.5, 0.6) is 0 Å². The van der Waals surface area contributed by atoms with Gasteiger partial charge < -0.3 is 10.2 Å². The third-order valence-electron chi connectivity index (χ3n) is 6.32. The van der Waals surface area contributed by atoms with Crippen LogP contribution in [0.25, 0.3) is 0 Å². The predicted molar refractivity (Wildman–Crippen MR) is 138 cm³/mol. The van der Waals surface area contributed by atoms with E-state index in [0.29, 0.717) is 5.56 Å². The summed E-state index contributed by atoms with van der Waals surface area (Å²) >= 11 is 1.24. The number of aliphatic hydroxyl groups excluding tert-OH is 1. The molecule has 3 N–H and O–H groups in total. The molecule has 0 bridgehead atoms. The van der Waals surface area contributed by atoms with Gasteiger partial charge in [0.25, 0.3) is 10.0 Å². The molecule has 34 heavy (non-hydrogen) atoms. The van der Waals surface area contributed by atoms with Crippen LogP contribution in [0.15, 0.2) is 28.5 Å². The topological polar surface area (TPSA) is 104 Å². The van der Waals surface area contributed by atoms with Crippen molar-refractivity contribution in [1.29, 1.82) is 0 Å². The molecule has 2 rings (SSSR count). The molecule has 190 valence electrons. The molecule has 8 heteroatoms. The van der Waals surface area contributed by atoms with Crippen molar-refractivity contribution in [2.75, 3.05) is 6.54 Å². The molecular weight excluding hydrogens is 470 g/mol. The van der Waals surface area contributed by atoms with Crippen LogP contribution in [0.4, 0.5) is 0 Å². The molecule has 0 radical (unpaired) electrons. The van der Waals surface area contributed by atoms with E-state index in [1.807, 2.05) is 6.07 Å². The largest absolute Gasteiger partial charge is 0.480 e. The van der Waals surface area contributed by atoms with Gasteiger partial charge in [-0.3, -0.25) is 4.79 Å². The van der Waals surface area contributed by atoms with Gasteiger partial charge in [0.2, 0.25) is 0 Å². The number of carboxylic acids is 1. The zero-order valence-corrected chi connectivity index (χ0v) is 22.8. The van der Waals surface area contributed by atoms with Gasteiger partial charge in [-0.15, -0.1) is 11.3 Å². The molecule has 1 aromatic heterocycles. The van der Waals surface area contributed by atoms with E-state index in [1.165, 1.54) is 28.0 Å². The maximum atomic E-state index is 12.5. The van der Waals surface area contributed by atoms with Crippen LogP contribution in [-0.4, -0.2) is 37.2 Å². The van der Waals surface area contributed by atoms with Crippen molar-refractivity contribution in [2.45, 2.75) is 89.9 Å². The van der Waals surface area contributed by atoms with E-state index in [0.717, 1.165) is 37.0 Å². The van der Waals surface area contributed by atoms with Crippen molar-refractivity contribution in [3.8, 4) is 0 Å². The van der Waals surface area contributed by atoms with E-state index in [-0.39, 0.29) is 21.6 Å². The Balaban J connectivity index is 2.06. The van der Waals surface area contributed by atoms with Gasteiger partial charge in [0.05, 0.1) is 6.10 Å². The number of carboxylic acid groups (broad SMARTS) is 1. The summed E-state index contributed by atoms with van der Waals surface area (Å²) in [5.41, 5.74) is 4.27. The van der Waals surface area contributed by atoms with Crippen molar-refractivity contribution in [2.24, 2.45) is 5.41 Å². The molecule has 0 amide bonds. The van der Waals surface area contributed by atoms with Crippen molar-refractivity contribution in [3.63, 3.8) is 0 Å². The SMILES string of the molecule is CCC(CCc1ccc(CCC(O)C(C)(C)C)c(C)c1)c1cc(C)c(S(=O)(=O)NCC(=O)O)s1. The van der Waals surface area contributed by atoms with Crippen LogP contribution in [0.1, 0.15) is 80.0 Å². The molecule has 2 unspecified atom stereocenters. The molecule has 1 heterocycles. The number of aryl methyl sites for hydroxylation is 4. The van der Waals surface area contributed by atoms with E-state index >= 15 is 0 Å². The van der Waals surface area contributed by atoms with E-state index in [9.17, 15) is 18.3 Å². The Bertz CT molecular complexity index is 1080. The highest BCUT2D eigenvalue weighted by molar-refractivity contribution is 7.91. The maximum absolute atomic E-state index is 12.5. The monoisotopic (exact) mass is 509 g/mol. The average Bonchev–Trinajstić information content (AvgIpc) is 3.13. The molecule has 2 aromatic rings. The highest BCUT2D eigenvalue weighted by Crippen LogP contribution is 2.35. The summed E-state index contributed by atoms with van der Waals surface area (Å²) in [5.74, 6) is -0.981. The molecular formula is C26H39NO5S2. The normalized spacial score (nSPS) is 14.2. The summed E-state index contributed by atoms with van der Waals surface area (Å²) in [6.07, 6.45) is 3.94. The first-order valence-electron chi connectivity index (χ1n) is 11.8. The van der Waals surface area contributed by atoms with Crippen LogP contribution in [0.3, 0.4) is 0 Å². The fourth-order valence-electron chi connectivity index (χ4n) is 3.99. The van der Waals surface area contributed by atoms with Crippen LogP contribution < -0.4 is 4.72 Å². The Morgan fingerprint density at radius 3 is 2.32 bits per heavy atom. The van der Waals surface area contributed by atoms with E-state index in [4.69, 9.17) is 5.11 Å². The fraction of sp³-hybridized carbons (Fsp3) is 0.577. The Morgan fingerprint density at radius 1 is 1.09 bits per heavy atom. The second-order valence-electron chi connectivity index (χ2n) is 10.2. The van der Waals surface area contributed by atoms with Crippen LogP contribution in [0.2, 0.25) is 0 Å². The van der Waals surface area contributed by atoms with Gasteiger partial charge in [-0.1, -0.05) is 45.9 Å². The molecule has 0 fully saturated rings. The number of nitrogens with one attached hydrogen (secondary N) is 1. The van der Waals surface area contributed by atoms with E-state index in [2.05, 4.69) is 57.5 Å². The number of benzene rings is 1. The molecule has 0 saturated heterocycles. The molecule has 0 aliphatic rings. The van der Waals surface area contributed by atoms with Gasteiger partial charge in [-0.05, 0) is 85.6 Å². The predicted octanol–water partition coefficient (Wildman–Crippen LogP) is 5.19. The molecule has 0 aliphatic heterocycles. The summed E-state index contributed by atoms with van der Waals surface area (Å²) in [4.78, 5) is 11.8. The second kappa shape index (κ2) is 11.8.